The van der Waals surface area contributed by atoms with Crippen LogP contribution in [0.15, 0.2) is 72.8 Å². The van der Waals surface area contributed by atoms with Gasteiger partial charge in [-0.2, -0.15) is 0 Å². The topological polar surface area (TPSA) is 95.9 Å². The van der Waals surface area contributed by atoms with E-state index in [2.05, 4.69) is 17.4 Å². The normalized spacial score (nSPS) is 12.9. The van der Waals surface area contributed by atoms with Gasteiger partial charge in [0.25, 0.3) is 0 Å². The molecule has 4 rings (SSSR count). The van der Waals surface area contributed by atoms with Gasteiger partial charge in [-0.3, -0.25) is 9.59 Å². The highest BCUT2D eigenvalue weighted by molar-refractivity contribution is 6.30. The van der Waals surface area contributed by atoms with Crippen LogP contribution >= 0.6 is 11.6 Å². The molecule has 0 aliphatic heterocycles. The van der Waals surface area contributed by atoms with E-state index in [1.807, 2.05) is 36.4 Å². The first-order chi connectivity index (χ1) is 16.8. The molecular weight excluding hydrogens is 468 g/mol. The molecule has 0 radical (unpaired) electrons. The number of carboxylic acids is 1. The SMILES string of the molecule is CC(CC(=O)N(CC(=O)O)c1ccc(Cl)cc1)NC(=O)OCC1c2ccccc2-c2ccccc21. The summed E-state index contributed by atoms with van der Waals surface area (Å²) in [6.07, 6.45) is -0.733. The van der Waals surface area contributed by atoms with Gasteiger partial charge in [0, 0.05) is 29.1 Å². The lowest BCUT2D eigenvalue weighted by Gasteiger charge is -2.23. The van der Waals surface area contributed by atoms with Crippen molar-refractivity contribution in [1.82, 2.24) is 5.32 Å². The van der Waals surface area contributed by atoms with Crippen molar-refractivity contribution in [2.24, 2.45) is 0 Å². The van der Waals surface area contributed by atoms with E-state index in [1.54, 1.807) is 31.2 Å². The monoisotopic (exact) mass is 492 g/mol. The standard InChI is InChI=1S/C27H25ClN2O5/c1-17(14-25(31)30(15-26(32)33)19-12-10-18(28)11-13-19)29-27(34)35-16-24-22-8-4-2-6-20(22)21-7-3-5-9-23(21)24/h2-13,17,24H,14-16H2,1H3,(H,29,34)(H,32,33). The number of ether oxygens (including phenoxy) is 1. The van der Waals surface area contributed by atoms with Gasteiger partial charge in [0.15, 0.2) is 0 Å². The van der Waals surface area contributed by atoms with Crippen molar-refractivity contribution in [3.63, 3.8) is 0 Å². The van der Waals surface area contributed by atoms with Gasteiger partial charge in [-0.15, -0.1) is 0 Å². The van der Waals surface area contributed by atoms with E-state index in [4.69, 9.17) is 16.3 Å². The molecule has 1 aliphatic rings. The summed E-state index contributed by atoms with van der Waals surface area (Å²) in [7, 11) is 0. The maximum Gasteiger partial charge on any atom is 0.407 e. The number of carbonyl (C=O) groups excluding carboxylic acids is 2. The minimum absolute atomic E-state index is 0.0685. The number of fused-ring (bicyclic) bond motifs is 3. The van der Waals surface area contributed by atoms with Crippen LogP contribution < -0.4 is 10.2 Å². The first-order valence-electron chi connectivity index (χ1n) is 11.2. The summed E-state index contributed by atoms with van der Waals surface area (Å²) in [6.45, 7) is 1.33. The lowest BCUT2D eigenvalue weighted by molar-refractivity contribution is -0.136. The average molecular weight is 493 g/mol. The first kappa shape index (κ1) is 24.3. The van der Waals surface area contributed by atoms with E-state index >= 15 is 0 Å². The molecule has 0 bridgehead atoms. The van der Waals surface area contributed by atoms with Crippen LogP contribution in [0.5, 0.6) is 0 Å². The molecule has 2 amide bonds. The van der Waals surface area contributed by atoms with Crippen molar-refractivity contribution in [1.29, 1.82) is 0 Å². The summed E-state index contributed by atoms with van der Waals surface area (Å²) in [5.41, 5.74) is 4.90. The second-order valence-corrected chi connectivity index (χ2v) is 8.86. The predicted molar refractivity (Wildman–Crippen MR) is 134 cm³/mol. The number of amides is 2. The fourth-order valence-corrected chi connectivity index (χ4v) is 4.47. The molecule has 8 heteroatoms. The zero-order valence-electron chi connectivity index (χ0n) is 19.1. The fourth-order valence-electron chi connectivity index (χ4n) is 4.34. The fraction of sp³-hybridized carbons (Fsp3) is 0.222. The summed E-state index contributed by atoms with van der Waals surface area (Å²) in [5, 5.41) is 12.4. The number of hydrogen-bond acceptors (Lipinski definition) is 4. The molecule has 3 aromatic rings. The van der Waals surface area contributed by atoms with Crippen LogP contribution in [0.25, 0.3) is 11.1 Å². The maximum absolute atomic E-state index is 12.8. The Bertz CT molecular complexity index is 1200. The minimum atomic E-state index is -1.15. The average Bonchev–Trinajstić information content (AvgIpc) is 3.15. The molecule has 2 N–H and O–H groups in total. The lowest BCUT2D eigenvalue weighted by Crippen LogP contribution is -2.41. The Morgan fingerprint density at radius 3 is 2.11 bits per heavy atom. The number of aliphatic carboxylic acids is 1. The number of halogens is 1. The molecule has 0 aromatic heterocycles. The Balaban J connectivity index is 1.36. The zero-order chi connectivity index (χ0) is 24.9. The van der Waals surface area contributed by atoms with Crippen LogP contribution in [0, 0.1) is 0 Å². The number of carboxylic acid groups (broad SMARTS) is 1. The molecule has 0 saturated carbocycles. The minimum Gasteiger partial charge on any atom is -0.480 e. The van der Waals surface area contributed by atoms with Crippen molar-refractivity contribution in [2.45, 2.75) is 25.3 Å². The van der Waals surface area contributed by atoms with Gasteiger partial charge >= 0.3 is 12.1 Å². The first-order valence-corrected chi connectivity index (χ1v) is 11.6. The van der Waals surface area contributed by atoms with Gasteiger partial charge in [-0.1, -0.05) is 60.1 Å². The summed E-state index contributed by atoms with van der Waals surface area (Å²) < 4.78 is 5.53. The predicted octanol–water partition coefficient (Wildman–Crippen LogP) is 5.07. The number of carbonyl (C=O) groups is 3. The van der Waals surface area contributed by atoms with E-state index < -0.39 is 30.6 Å². The number of nitrogens with one attached hydrogen (secondary N) is 1. The third-order valence-electron chi connectivity index (χ3n) is 5.92. The van der Waals surface area contributed by atoms with Gasteiger partial charge < -0.3 is 20.1 Å². The molecule has 0 spiro atoms. The molecule has 1 unspecified atom stereocenters. The lowest BCUT2D eigenvalue weighted by atomic mass is 9.98. The van der Waals surface area contributed by atoms with Crippen LogP contribution in [0.3, 0.4) is 0 Å². The van der Waals surface area contributed by atoms with Gasteiger partial charge in [0.2, 0.25) is 5.91 Å². The van der Waals surface area contributed by atoms with Gasteiger partial charge in [-0.05, 0) is 53.4 Å². The maximum atomic E-state index is 12.8. The van der Waals surface area contributed by atoms with Crippen LogP contribution in [0.4, 0.5) is 10.5 Å². The Labute approximate surface area is 208 Å². The molecule has 3 aromatic carbocycles. The number of alkyl carbamates (subject to hydrolysis) is 1. The second-order valence-electron chi connectivity index (χ2n) is 8.43. The molecular formula is C27H25ClN2O5. The molecule has 180 valence electrons. The van der Waals surface area contributed by atoms with Crippen LogP contribution in [0.1, 0.15) is 30.4 Å². The van der Waals surface area contributed by atoms with Crippen LogP contribution in [-0.2, 0) is 14.3 Å². The van der Waals surface area contributed by atoms with E-state index in [-0.39, 0.29) is 18.9 Å². The summed E-state index contributed by atoms with van der Waals surface area (Å²) in [6, 6.07) is 21.9. The van der Waals surface area contributed by atoms with Crippen LogP contribution in [0.2, 0.25) is 5.02 Å². The van der Waals surface area contributed by atoms with Crippen LogP contribution in [-0.4, -0.2) is 42.3 Å². The number of nitrogens with zero attached hydrogens (tertiary/aromatic N) is 1. The highest BCUT2D eigenvalue weighted by Gasteiger charge is 2.29. The summed E-state index contributed by atoms with van der Waals surface area (Å²) >= 11 is 5.89. The van der Waals surface area contributed by atoms with E-state index in [9.17, 15) is 19.5 Å². The van der Waals surface area contributed by atoms with Gasteiger partial charge in [0.05, 0.1) is 0 Å². The number of hydrogen-bond donors (Lipinski definition) is 2. The Kier molecular flexibility index (Phi) is 7.36. The number of anilines is 1. The van der Waals surface area contributed by atoms with Crippen molar-refractivity contribution < 1.29 is 24.2 Å². The molecule has 7 nitrogen and oxygen atoms in total. The largest absolute Gasteiger partial charge is 0.480 e. The van der Waals surface area contributed by atoms with E-state index in [0.29, 0.717) is 10.7 Å². The molecule has 1 aliphatic carbocycles. The van der Waals surface area contributed by atoms with Crippen molar-refractivity contribution >= 4 is 35.3 Å². The second kappa shape index (κ2) is 10.6. The molecule has 0 fully saturated rings. The van der Waals surface area contributed by atoms with E-state index in [0.717, 1.165) is 27.2 Å². The van der Waals surface area contributed by atoms with Crippen molar-refractivity contribution in [3.05, 3.63) is 88.9 Å². The Morgan fingerprint density at radius 1 is 0.971 bits per heavy atom. The summed E-state index contributed by atoms with van der Waals surface area (Å²) in [5.74, 6) is -1.66. The van der Waals surface area contributed by atoms with Gasteiger partial charge in [0.1, 0.15) is 13.2 Å². The zero-order valence-corrected chi connectivity index (χ0v) is 19.9. The quantitative estimate of drug-likeness (QED) is 0.457. The molecule has 0 saturated heterocycles. The molecule has 35 heavy (non-hydrogen) atoms. The van der Waals surface area contributed by atoms with Crippen molar-refractivity contribution in [3.8, 4) is 11.1 Å². The number of rotatable bonds is 8. The number of benzene rings is 3. The third-order valence-corrected chi connectivity index (χ3v) is 6.17. The smallest absolute Gasteiger partial charge is 0.407 e. The van der Waals surface area contributed by atoms with Gasteiger partial charge in [-0.25, -0.2) is 4.79 Å². The Morgan fingerprint density at radius 2 is 1.54 bits per heavy atom. The Hall–Kier alpha value is -3.84. The molecule has 0 heterocycles. The third kappa shape index (κ3) is 5.63. The van der Waals surface area contributed by atoms with Crippen molar-refractivity contribution in [2.75, 3.05) is 18.1 Å². The van der Waals surface area contributed by atoms with E-state index in [1.165, 1.54) is 0 Å². The summed E-state index contributed by atoms with van der Waals surface area (Å²) in [4.78, 5) is 37.8. The highest BCUT2D eigenvalue weighted by Crippen LogP contribution is 2.44. The highest BCUT2D eigenvalue weighted by atomic mass is 35.5. The molecule has 1 atom stereocenters.